The highest BCUT2D eigenvalue weighted by atomic mass is 35.5. The first-order valence-electron chi connectivity index (χ1n) is 11.7. The first-order chi connectivity index (χ1) is 17.0. The van der Waals surface area contributed by atoms with Crippen LogP contribution in [0.25, 0.3) is 11.3 Å². The van der Waals surface area contributed by atoms with Crippen LogP contribution >= 0.6 is 11.6 Å². The molecule has 1 amide bonds. The van der Waals surface area contributed by atoms with Gasteiger partial charge in [-0.3, -0.25) is 9.89 Å². The Bertz CT molecular complexity index is 1200. The van der Waals surface area contributed by atoms with Gasteiger partial charge in [0.1, 0.15) is 17.1 Å². The fourth-order valence-electron chi connectivity index (χ4n) is 4.37. The van der Waals surface area contributed by atoms with Crippen molar-refractivity contribution in [1.82, 2.24) is 15.1 Å². The number of hydrogen-bond acceptors (Lipinski definition) is 6. The number of amides is 1. The molecule has 0 radical (unpaired) electrons. The number of fused-ring (bicyclic) bond motifs is 1. The molecule has 2 aromatic carbocycles. The van der Waals surface area contributed by atoms with Gasteiger partial charge in [-0.25, -0.2) is 0 Å². The van der Waals surface area contributed by atoms with E-state index in [4.69, 9.17) is 25.8 Å². The van der Waals surface area contributed by atoms with Crippen LogP contribution in [0.15, 0.2) is 36.4 Å². The molecule has 0 spiro atoms. The summed E-state index contributed by atoms with van der Waals surface area (Å²) in [5, 5.41) is 18.3. The first-order valence-corrected chi connectivity index (χ1v) is 12.1. The molecule has 0 saturated heterocycles. The molecule has 0 aliphatic carbocycles. The summed E-state index contributed by atoms with van der Waals surface area (Å²) < 4.78 is 16.8. The maximum atomic E-state index is 13.4. The Hall–Kier alpha value is -3.23. The second-order valence-electron chi connectivity index (χ2n) is 8.38. The molecule has 8 nitrogen and oxygen atoms in total. The first kappa shape index (κ1) is 24.9. The number of H-pyrrole nitrogens is 1. The van der Waals surface area contributed by atoms with E-state index in [1.807, 2.05) is 18.2 Å². The number of phenolic OH excluding ortho intramolecular Hbond substituents is 1. The lowest BCUT2D eigenvalue weighted by Gasteiger charge is -2.26. The van der Waals surface area contributed by atoms with Gasteiger partial charge in [0.15, 0.2) is 11.5 Å². The molecule has 0 fully saturated rings. The second-order valence-corrected chi connectivity index (χ2v) is 8.82. The van der Waals surface area contributed by atoms with Crippen molar-refractivity contribution >= 4 is 17.5 Å². The Morgan fingerprint density at radius 2 is 1.94 bits per heavy atom. The Balaban J connectivity index is 1.78. The summed E-state index contributed by atoms with van der Waals surface area (Å²) in [7, 11) is 3.19. The predicted molar refractivity (Wildman–Crippen MR) is 133 cm³/mol. The molecule has 0 saturated carbocycles. The van der Waals surface area contributed by atoms with Crippen molar-refractivity contribution in [3.05, 3.63) is 58.2 Å². The van der Waals surface area contributed by atoms with Crippen molar-refractivity contribution < 1.29 is 24.1 Å². The highest BCUT2D eigenvalue weighted by Crippen LogP contribution is 2.46. The van der Waals surface area contributed by atoms with Gasteiger partial charge < -0.3 is 24.2 Å². The summed E-state index contributed by atoms with van der Waals surface area (Å²) in [5.41, 5.74) is 2.79. The molecule has 9 heteroatoms. The number of hydrogen-bond donors (Lipinski definition) is 2. The van der Waals surface area contributed by atoms with Crippen LogP contribution in [0, 0.1) is 0 Å². The predicted octanol–water partition coefficient (Wildman–Crippen LogP) is 5.20. The number of nitrogens with one attached hydrogen (secondary N) is 1. The third-order valence-corrected chi connectivity index (χ3v) is 6.36. The highest BCUT2D eigenvalue weighted by Gasteiger charge is 2.42. The number of aromatic nitrogens is 2. The standard InChI is InChI=1S/C26H30ClN3O5/c1-4-5-6-12-35-20-10-7-16(14-21(20)34-3)25-22-23(18-15-17(27)8-9-19(18)31)28-29-24(22)26(32)30(25)11-13-33-2/h7-10,14-15,25,31H,4-6,11-13H2,1-3H3,(H,28,29). The van der Waals surface area contributed by atoms with Gasteiger partial charge in [0.25, 0.3) is 5.91 Å². The molecular formula is C26H30ClN3O5. The molecule has 35 heavy (non-hydrogen) atoms. The molecule has 1 atom stereocenters. The minimum absolute atomic E-state index is 0.0265. The van der Waals surface area contributed by atoms with E-state index in [1.165, 1.54) is 6.07 Å². The fourth-order valence-corrected chi connectivity index (χ4v) is 4.55. The zero-order valence-electron chi connectivity index (χ0n) is 20.1. The van der Waals surface area contributed by atoms with Gasteiger partial charge in [0.05, 0.1) is 26.4 Å². The smallest absolute Gasteiger partial charge is 0.273 e. The van der Waals surface area contributed by atoms with E-state index in [0.717, 1.165) is 24.8 Å². The van der Waals surface area contributed by atoms with Gasteiger partial charge in [-0.05, 0) is 42.3 Å². The molecule has 1 aliphatic rings. The Kier molecular flexibility index (Phi) is 7.83. The average molecular weight is 500 g/mol. The largest absolute Gasteiger partial charge is 0.507 e. The average Bonchev–Trinajstić information content (AvgIpc) is 3.40. The van der Waals surface area contributed by atoms with Crippen LogP contribution in [0.3, 0.4) is 0 Å². The Morgan fingerprint density at radius 1 is 1.11 bits per heavy atom. The quantitative estimate of drug-likeness (QED) is 0.352. The number of carbonyl (C=O) groups is 1. The molecular weight excluding hydrogens is 470 g/mol. The Morgan fingerprint density at radius 3 is 2.69 bits per heavy atom. The van der Waals surface area contributed by atoms with Crippen molar-refractivity contribution in [2.45, 2.75) is 32.2 Å². The van der Waals surface area contributed by atoms with Crippen molar-refractivity contribution in [3.63, 3.8) is 0 Å². The lowest BCUT2D eigenvalue weighted by atomic mass is 9.95. The minimum atomic E-state index is -0.470. The summed E-state index contributed by atoms with van der Waals surface area (Å²) in [6.45, 7) is 3.50. The zero-order valence-corrected chi connectivity index (χ0v) is 20.9. The molecule has 1 unspecified atom stereocenters. The van der Waals surface area contributed by atoms with E-state index >= 15 is 0 Å². The van der Waals surface area contributed by atoms with E-state index in [2.05, 4.69) is 17.1 Å². The summed E-state index contributed by atoms with van der Waals surface area (Å²) in [4.78, 5) is 15.1. The van der Waals surface area contributed by atoms with Crippen LogP contribution < -0.4 is 9.47 Å². The van der Waals surface area contributed by atoms with Crippen molar-refractivity contribution in [3.8, 4) is 28.5 Å². The van der Waals surface area contributed by atoms with Gasteiger partial charge >= 0.3 is 0 Å². The van der Waals surface area contributed by atoms with Gasteiger partial charge in [-0.15, -0.1) is 0 Å². The number of rotatable bonds is 11. The van der Waals surface area contributed by atoms with E-state index in [9.17, 15) is 9.90 Å². The molecule has 2 N–H and O–H groups in total. The molecule has 1 aliphatic heterocycles. The third kappa shape index (κ3) is 4.94. The number of aromatic amines is 1. The summed E-state index contributed by atoms with van der Waals surface area (Å²) in [5.74, 6) is 1.07. The van der Waals surface area contributed by atoms with Crippen LogP contribution in [0.4, 0.5) is 0 Å². The van der Waals surface area contributed by atoms with Crippen LogP contribution in [0.5, 0.6) is 17.2 Å². The fraction of sp³-hybridized carbons (Fsp3) is 0.385. The number of benzene rings is 2. The van der Waals surface area contributed by atoms with Crippen LogP contribution in [-0.4, -0.2) is 60.1 Å². The number of phenols is 1. The van der Waals surface area contributed by atoms with E-state index in [0.29, 0.717) is 58.8 Å². The normalized spacial score (nSPS) is 14.9. The van der Waals surface area contributed by atoms with E-state index in [1.54, 1.807) is 31.3 Å². The molecule has 3 aromatic rings. The number of nitrogens with zero attached hydrogens (tertiary/aromatic N) is 2. The zero-order chi connectivity index (χ0) is 24.9. The number of aromatic hydroxyl groups is 1. The van der Waals surface area contributed by atoms with Crippen molar-refractivity contribution in [2.24, 2.45) is 0 Å². The third-order valence-electron chi connectivity index (χ3n) is 6.12. The topological polar surface area (TPSA) is 96.9 Å². The monoisotopic (exact) mass is 499 g/mol. The van der Waals surface area contributed by atoms with Gasteiger partial charge in [-0.1, -0.05) is 37.4 Å². The Labute approximate surface area is 209 Å². The molecule has 2 heterocycles. The molecule has 0 bridgehead atoms. The maximum Gasteiger partial charge on any atom is 0.273 e. The summed E-state index contributed by atoms with van der Waals surface area (Å²) in [6, 6.07) is 9.97. The lowest BCUT2D eigenvalue weighted by molar-refractivity contribution is 0.0677. The van der Waals surface area contributed by atoms with Crippen LogP contribution in [-0.2, 0) is 4.74 Å². The van der Waals surface area contributed by atoms with Crippen LogP contribution in [0.1, 0.15) is 53.8 Å². The molecule has 1 aromatic heterocycles. The highest BCUT2D eigenvalue weighted by molar-refractivity contribution is 6.31. The summed E-state index contributed by atoms with van der Waals surface area (Å²) in [6.07, 6.45) is 3.18. The SMILES string of the molecule is CCCCCOc1ccc(C2c3c(-c4cc(Cl)ccc4O)n[nH]c3C(=O)N2CCOC)cc1OC. The number of halogens is 1. The number of ether oxygens (including phenoxy) is 3. The van der Waals surface area contributed by atoms with Crippen molar-refractivity contribution in [1.29, 1.82) is 0 Å². The lowest BCUT2D eigenvalue weighted by Crippen LogP contribution is -2.32. The van der Waals surface area contributed by atoms with E-state index < -0.39 is 6.04 Å². The minimum Gasteiger partial charge on any atom is -0.507 e. The van der Waals surface area contributed by atoms with Gasteiger partial charge in [0, 0.05) is 29.8 Å². The number of methoxy groups -OCH3 is 2. The number of unbranched alkanes of at least 4 members (excludes halogenated alkanes) is 2. The van der Waals surface area contributed by atoms with Gasteiger partial charge in [0.2, 0.25) is 0 Å². The maximum absolute atomic E-state index is 13.4. The van der Waals surface area contributed by atoms with E-state index in [-0.39, 0.29) is 11.7 Å². The number of carbonyl (C=O) groups excluding carboxylic acids is 1. The van der Waals surface area contributed by atoms with Gasteiger partial charge in [-0.2, -0.15) is 5.10 Å². The molecule has 4 rings (SSSR count). The second kappa shape index (κ2) is 11.0. The van der Waals surface area contributed by atoms with Crippen molar-refractivity contribution in [2.75, 3.05) is 34.0 Å². The summed E-state index contributed by atoms with van der Waals surface area (Å²) >= 11 is 6.21. The van der Waals surface area contributed by atoms with Crippen LogP contribution in [0.2, 0.25) is 5.02 Å². The molecule has 186 valence electrons.